The normalized spacial score (nSPS) is 22.2. The lowest BCUT2D eigenvalue weighted by Crippen LogP contribution is -2.45. The van der Waals surface area contributed by atoms with Gasteiger partial charge in [-0.2, -0.15) is 0 Å². The maximum Gasteiger partial charge on any atom is 0.0151 e. The van der Waals surface area contributed by atoms with Crippen LogP contribution in [0.2, 0.25) is 0 Å². The summed E-state index contributed by atoms with van der Waals surface area (Å²) in [5.41, 5.74) is 3.10. The van der Waals surface area contributed by atoms with Crippen LogP contribution in [0, 0.1) is 0 Å². The van der Waals surface area contributed by atoms with Crippen molar-refractivity contribution in [2.45, 2.75) is 37.8 Å². The molecule has 0 atom stereocenters. The van der Waals surface area contributed by atoms with Crippen LogP contribution >= 0.6 is 0 Å². The number of hydrogen-bond donors (Lipinski definition) is 2. The Labute approximate surface area is 97.4 Å². The molecular formula is C14H20N2. The van der Waals surface area contributed by atoms with E-state index in [-0.39, 0.29) is 0 Å². The predicted octanol–water partition coefficient (Wildman–Crippen LogP) is 1.50. The minimum atomic E-state index is 0.681. The second kappa shape index (κ2) is 4.56. The fraction of sp³-hybridized carbons (Fsp3) is 0.571. The molecule has 1 heterocycles. The van der Waals surface area contributed by atoms with E-state index in [0.717, 1.165) is 6.04 Å². The summed E-state index contributed by atoms with van der Waals surface area (Å²) in [6, 6.07) is 10.3. The standard InChI is InChI=1S/C14H20N2/c1-2-4-12-10-14(9-11(12)3-1)16-13-5-7-15-8-6-13/h1-4,13-16H,5-10H2. The molecule has 16 heavy (non-hydrogen) atoms. The molecule has 0 spiro atoms. The third-order valence-corrected chi connectivity index (χ3v) is 3.86. The van der Waals surface area contributed by atoms with E-state index in [1.165, 1.54) is 38.8 Å². The summed E-state index contributed by atoms with van der Waals surface area (Å²) < 4.78 is 0. The molecule has 86 valence electrons. The molecule has 0 saturated carbocycles. The highest BCUT2D eigenvalue weighted by molar-refractivity contribution is 5.33. The highest BCUT2D eigenvalue weighted by Crippen LogP contribution is 2.22. The summed E-state index contributed by atoms with van der Waals surface area (Å²) in [5.74, 6) is 0. The minimum Gasteiger partial charge on any atom is -0.317 e. The van der Waals surface area contributed by atoms with E-state index in [1.54, 1.807) is 11.1 Å². The van der Waals surface area contributed by atoms with Crippen LogP contribution in [0.3, 0.4) is 0 Å². The van der Waals surface area contributed by atoms with Crippen molar-refractivity contribution < 1.29 is 0 Å². The van der Waals surface area contributed by atoms with E-state index in [1.807, 2.05) is 0 Å². The van der Waals surface area contributed by atoms with E-state index in [9.17, 15) is 0 Å². The summed E-state index contributed by atoms with van der Waals surface area (Å²) >= 11 is 0. The van der Waals surface area contributed by atoms with E-state index < -0.39 is 0 Å². The first-order valence-corrected chi connectivity index (χ1v) is 6.45. The van der Waals surface area contributed by atoms with Gasteiger partial charge in [0.05, 0.1) is 0 Å². The second-order valence-corrected chi connectivity index (χ2v) is 5.06. The van der Waals surface area contributed by atoms with Gasteiger partial charge in [-0.1, -0.05) is 24.3 Å². The van der Waals surface area contributed by atoms with E-state index in [0.29, 0.717) is 6.04 Å². The Hall–Kier alpha value is -0.860. The number of fused-ring (bicyclic) bond motifs is 1. The molecular weight excluding hydrogens is 196 g/mol. The van der Waals surface area contributed by atoms with Crippen LogP contribution < -0.4 is 10.6 Å². The molecule has 1 saturated heterocycles. The molecule has 2 N–H and O–H groups in total. The van der Waals surface area contributed by atoms with E-state index in [4.69, 9.17) is 0 Å². The minimum absolute atomic E-state index is 0.681. The molecule has 1 aliphatic heterocycles. The topological polar surface area (TPSA) is 24.1 Å². The molecule has 1 aromatic carbocycles. The maximum atomic E-state index is 3.82. The van der Waals surface area contributed by atoms with Gasteiger partial charge in [-0.3, -0.25) is 0 Å². The summed E-state index contributed by atoms with van der Waals surface area (Å²) in [4.78, 5) is 0. The van der Waals surface area contributed by atoms with Crippen molar-refractivity contribution in [2.24, 2.45) is 0 Å². The van der Waals surface area contributed by atoms with Crippen molar-refractivity contribution in [3.63, 3.8) is 0 Å². The molecule has 1 fully saturated rings. The van der Waals surface area contributed by atoms with Gasteiger partial charge >= 0.3 is 0 Å². The second-order valence-electron chi connectivity index (χ2n) is 5.06. The summed E-state index contributed by atoms with van der Waals surface area (Å²) in [6.07, 6.45) is 5.01. The number of benzene rings is 1. The van der Waals surface area contributed by atoms with Crippen molar-refractivity contribution in [2.75, 3.05) is 13.1 Å². The fourth-order valence-electron chi connectivity index (χ4n) is 3.00. The Morgan fingerprint density at radius 1 is 0.938 bits per heavy atom. The molecule has 0 radical (unpaired) electrons. The highest BCUT2D eigenvalue weighted by Gasteiger charge is 2.23. The molecule has 0 aromatic heterocycles. The summed E-state index contributed by atoms with van der Waals surface area (Å²) in [7, 11) is 0. The number of piperidine rings is 1. The summed E-state index contributed by atoms with van der Waals surface area (Å²) in [6.45, 7) is 2.36. The van der Waals surface area contributed by atoms with Crippen molar-refractivity contribution in [1.82, 2.24) is 10.6 Å². The van der Waals surface area contributed by atoms with Gasteiger partial charge in [0.15, 0.2) is 0 Å². The molecule has 2 nitrogen and oxygen atoms in total. The Morgan fingerprint density at radius 3 is 2.19 bits per heavy atom. The van der Waals surface area contributed by atoms with E-state index in [2.05, 4.69) is 34.9 Å². The lowest BCUT2D eigenvalue weighted by molar-refractivity contribution is 0.351. The average Bonchev–Trinajstić information content (AvgIpc) is 2.72. The molecule has 0 unspecified atom stereocenters. The lowest BCUT2D eigenvalue weighted by atomic mass is 10.0. The van der Waals surface area contributed by atoms with Gasteiger partial charge < -0.3 is 10.6 Å². The Morgan fingerprint density at radius 2 is 1.56 bits per heavy atom. The molecule has 1 aliphatic carbocycles. The zero-order chi connectivity index (χ0) is 10.8. The SMILES string of the molecule is c1ccc2c(c1)CC(NC1CCNCC1)C2. The smallest absolute Gasteiger partial charge is 0.0151 e. The largest absolute Gasteiger partial charge is 0.317 e. The molecule has 0 bridgehead atoms. The number of hydrogen-bond acceptors (Lipinski definition) is 2. The van der Waals surface area contributed by atoms with Gasteiger partial charge in [-0.05, 0) is 49.9 Å². The van der Waals surface area contributed by atoms with Crippen LogP contribution in [-0.4, -0.2) is 25.2 Å². The zero-order valence-electron chi connectivity index (χ0n) is 9.71. The Balaban J connectivity index is 1.59. The van der Waals surface area contributed by atoms with Gasteiger partial charge in [-0.15, -0.1) is 0 Å². The first kappa shape index (κ1) is 10.3. The van der Waals surface area contributed by atoms with Gasteiger partial charge in [-0.25, -0.2) is 0 Å². The van der Waals surface area contributed by atoms with Crippen LogP contribution in [0.25, 0.3) is 0 Å². The van der Waals surface area contributed by atoms with E-state index >= 15 is 0 Å². The third-order valence-electron chi connectivity index (χ3n) is 3.86. The molecule has 0 amide bonds. The molecule has 3 rings (SSSR count). The van der Waals surface area contributed by atoms with Crippen LogP contribution in [0.4, 0.5) is 0 Å². The van der Waals surface area contributed by atoms with Crippen LogP contribution in [0.1, 0.15) is 24.0 Å². The van der Waals surface area contributed by atoms with Crippen LogP contribution in [0.15, 0.2) is 24.3 Å². The van der Waals surface area contributed by atoms with Crippen LogP contribution in [-0.2, 0) is 12.8 Å². The number of nitrogens with one attached hydrogen (secondary N) is 2. The predicted molar refractivity (Wildman–Crippen MR) is 66.7 cm³/mol. The first-order valence-electron chi connectivity index (χ1n) is 6.45. The van der Waals surface area contributed by atoms with Gasteiger partial charge in [0.2, 0.25) is 0 Å². The number of rotatable bonds is 2. The van der Waals surface area contributed by atoms with Gasteiger partial charge in [0.1, 0.15) is 0 Å². The fourth-order valence-corrected chi connectivity index (χ4v) is 3.00. The first-order chi connectivity index (χ1) is 7.92. The maximum absolute atomic E-state index is 3.82. The molecule has 2 aliphatic rings. The van der Waals surface area contributed by atoms with Crippen molar-refractivity contribution in [3.05, 3.63) is 35.4 Å². The third kappa shape index (κ3) is 2.13. The van der Waals surface area contributed by atoms with Gasteiger partial charge in [0, 0.05) is 12.1 Å². The monoisotopic (exact) mass is 216 g/mol. The van der Waals surface area contributed by atoms with Crippen molar-refractivity contribution >= 4 is 0 Å². The summed E-state index contributed by atoms with van der Waals surface area (Å²) in [5, 5.41) is 7.24. The highest BCUT2D eigenvalue weighted by atomic mass is 15.0. The zero-order valence-corrected chi connectivity index (χ0v) is 9.71. The van der Waals surface area contributed by atoms with Crippen molar-refractivity contribution in [1.29, 1.82) is 0 Å². The average molecular weight is 216 g/mol. The molecule has 1 aromatic rings. The Kier molecular flexibility index (Phi) is 2.94. The Bertz CT molecular complexity index is 331. The van der Waals surface area contributed by atoms with Crippen LogP contribution in [0.5, 0.6) is 0 Å². The molecule has 2 heteroatoms. The van der Waals surface area contributed by atoms with Crippen molar-refractivity contribution in [3.8, 4) is 0 Å². The lowest BCUT2D eigenvalue weighted by Gasteiger charge is -2.27. The van der Waals surface area contributed by atoms with Gasteiger partial charge in [0.25, 0.3) is 0 Å². The quantitative estimate of drug-likeness (QED) is 0.783.